The van der Waals surface area contributed by atoms with Crippen molar-refractivity contribution in [1.82, 2.24) is 4.98 Å². The topological polar surface area (TPSA) is 25.4 Å². The zero-order chi connectivity index (χ0) is 9.26. The van der Waals surface area contributed by atoms with E-state index >= 15 is 0 Å². The second-order valence-electron chi connectivity index (χ2n) is 3.38. The highest BCUT2D eigenvalue weighted by molar-refractivity contribution is 7.15. The maximum absolute atomic E-state index is 5.34. The van der Waals surface area contributed by atoms with Gasteiger partial charge in [0.25, 0.3) is 0 Å². The second kappa shape index (κ2) is 3.64. The average Bonchev–Trinajstić information content (AvgIpc) is 2.72. The van der Waals surface area contributed by atoms with E-state index in [-0.39, 0.29) is 0 Å². The number of anilines is 1. The number of rotatable bonds is 2. The minimum absolute atomic E-state index is 0.519. The molecule has 1 aliphatic heterocycles. The van der Waals surface area contributed by atoms with E-state index in [9.17, 15) is 0 Å². The van der Waals surface area contributed by atoms with Crippen LogP contribution >= 0.6 is 11.3 Å². The highest BCUT2D eigenvalue weighted by Crippen LogP contribution is 2.24. The Balaban J connectivity index is 2.07. The standard InChI is InChI=1S/C9H14N2OS/c1-7-5-10-9(13-7)11(2)8-3-4-12-6-8/h5,8H,3-4,6H2,1-2H3. The number of hydrogen-bond acceptors (Lipinski definition) is 4. The third-order valence-corrected chi connectivity index (χ3v) is 3.37. The summed E-state index contributed by atoms with van der Waals surface area (Å²) in [6.07, 6.45) is 3.04. The molecule has 1 aromatic rings. The third-order valence-electron chi connectivity index (χ3n) is 2.36. The summed E-state index contributed by atoms with van der Waals surface area (Å²) >= 11 is 1.74. The lowest BCUT2D eigenvalue weighted by molar-refractivity contribution is 0.193. The smallest absolute Gasteiger partial charge is 0.185 e. The zero-order valence-corrected chi connectivity index (χ0v) is 8.80. The highest BCUT2D eigenvalue weighted by atomic mass is 32.1. The maximum Gasteiger partial charge on any atom is 0.185 e. The van der Waals surface area contributed by atoms with Gasteiger partial charge in [0.15, 0.2) is 5.13 Å². The molecule has 1 unspecified atom stereocenters. The van der Waals surface area contributed by atoms with Crippen molar-refractivity contribution in [1.29, 1.82) is 0 Å². The van der Waals surface area contributed by atoms with E-state index in [0.29, 0.717) is 6.04 Å². The first-order valence-corrected chi connectivity index (χ1v) is 5.32. The molecule has 3 nitrogen and oxygen atoms in total. The minimum atomic E-state index is 0.519. The molecule has 1 atom stereocenters. The molecule has 0 aliphatic carbocycles. The van der Waals surface area contributed by atoms with Gasteiger partial charge in [-0.3, -0.25) is 0 Å². The van der Waals surface area contributed by atoms with Crippen molar-refractivity contribution >= 4 is 16.5 Å². The lowest BCUT2D eigenvalue weighted by Crippen LogP contribution is -2.31. The van der Waals surface area contributed by atoms with E-state index in [4.69, 9.17) is 4.74 Å². The monoisotopic (exact) mass is 198 g/mol. The molecule has 13 heavy (non-hydrogen) atoms. The Bertz CT molecular complexity index is 281. The van der Waals surface area contributed by atoms with E-state index < -0.39 is 0 Å². The molecular weight excluding hydrogens is 184 g/mol. The van der Waals surface area contributed by atoms with Gasteiger partial charge in [0, 0.05) is 24.7 Å². The Morgan fingerprint density at radius 3 is 3.08 bits per heavy atom. The molecule has 0 saturated carbocycles. The van der Waals surface area contributed by atoms with Crippen LogP contribution in [0.4, 0.5) is 5.13 Å². The first-order chi connectivity index (χ1) is 6.27. The zero-order valence-electron chi connectivity index (χ0n) is 7.99. The number of ether oxygens (including phenoxy) is 1. The van der Waals surface area contributed by atoms with Crippen LogP contribution in [0.1, 0.15) is 11.3 Å². The van der Waals surface area contributed by atoms with E-state index in [1.807, 2.05) is 6.20 Å². The molecular formula is C9H14N2OS. The molecule has 0 bridgehead atoms. The van der Waals surface area contributed by atoms with Crippen LogP contribution in [0.2, 0.25) is 0 Å². The third kappa shape index (κ3) is 1.84. The van der Waals surface area contributed by atoms with Crippen molar-refractivity contribution in [2.45, 2.75) is 19.4 Å². The highest BCUT2D eigenvalue weighted by Gasteiger charge is 2.21. The van der Waals surface area contributed by atoms with Crippen molar-refractivity contribution in [2.24, 2.45) is 0 Å². The van der Waals surface area contributed by atoms with E-state index in [2.05, 4.69) is 23.9 Å². The number of aryl methyl sites for hydroxylation is 1. The van der Waals surface area contributed by atoms with Gasteiger partial charge in [-0.05, 0) is 13.3 Å². The van der Waals surface area contributed by atoms with Crippen LogP contribution in [0, 0.1) is 6.92 Å². The molecule has 72 valence electrons. The largest absolute Gasteiger partial charge is 0.379 e. The first-order valence-electron chi connectivity index (χ1n) is 4.50. The van der Waals surface area contributed by atoms with Crippen molar-refractivity contribution in [3.63, 3.8) is 0 Å². The van der Waals surface area contributed by atoms with Crippen molar-refractivity contribution in [3.8, 4) is 0 Å². The summed E-state index contributed by atoms with van der Waals surface area (Å²) in [5, 5.41) is 1.10. The van der Waals surface area contributed by atoms with Crippen LogP contribution in [-0.2, 0) is 4.74 Å². The Morgan fingerprint density at radius 1 is 1.69 bits per heavy atom. The van der Waals surface area contributed by atoms with Crippen LogP contribution in [0.25, 0.3) is 0 Å². The predicted molar refractivity (Wildman–Crippen MR) is 54.5 cm³/mol. The van der Waals surface area contributed by atoms with Crippen LogP contribution in [0.15, 0.2) is 6.20 Å². The Kier molecular flexibility index (Phi) is 2.51. The number of likely N-dealkylation sites (N-methyl/N-ethyl adjacent to an activating group) is 1. The number of nitrogens with zero attached hydrogens (tertiary/aromatic N) is 2. The molecule has 0 radical (unpaired) electrons. The first kappa shape index (κ1) is 8.97. The van der Waals surface area contributed by atoms with Gasteiger partial charge >= 0.3 is 0 Å². The van der Waals surface area contributed by atoms with Gasteiger partial charge in [-0.1, -0.05) is 0 Å². The number of thiazole rings is 1. The van der Waals surface area contributed by atoms with Crippen LogP contribution in [0.5, 0.6) is 0 Å². The minimum Gasteiger partial charge on any atom is -0.379 e. The van der Waals surface area contributed by atoms with Crippen molar-refractivity contribution < 1.29 is 4.74 Å². The Morgan fingerprint density at radius 2 is 2.54 bits per heavy atom. The Hall–Kier alpha value is -0.610. The maximum atomic E-state index is 5.34. The van der Waals surface area contributed by atoms with Crippen LogP contribution in [0.3, 0.4) is 0 Å². The summed E-state index contributed by atoms with van der Waals surface area (Å²) in [5.74, 6) is 0. The fraction of sp³-hybridized carbons (Fsp3) is 0.667. The summed E-state index contributed by atoms with van der Waals surface area (Å²) in [6.45, 7) is 3.81. The molecule has 1 aromatic heterocycles. The molecule has 0 amide bonds. The van der Waals surface area contributed by atoms with E-state index in [1.165, 1.54) is 4.88 Å². The summed E-state index contributed by atoms with van der Waals surface area (Å²) < 4.78 is 5.34. The summed E-state index contributed by atoms with van der Waals surface area (Å²) in [6, 6.07) is 0.519. The molecule has 1 aliphatic rings. The second-order valence-corrected chi connectivity index (χ2v) is 4.60. The van der Waals surface area contributed by atoms with Crippen molar-refractivity contribution in [3.05, 3.63) is 11.1 Å². The molecule has 4 heteroatoms. The van der Waals surface area contributed by atoms with Gasteiger partial charge in [0.2, 0.25) is 0 Å². The van der Waals surface area contributed by atoms with Crippen LogP contribution < -0.4 is 4.90 Å². The number of aromatic nitrogens is 1. The van der Waals surface area contributed by atoms with Gasteiger partial charge in [-0.25, -0.2) is 4.98 Å². The van der Waals surface area contributed by atoms with Gasteiger partial charge in [0.05, 0.1) is 12.6 Å². The molecule has 2 heterocycles. The summed E-state index contributed by atoms with van der Waals surface area (Å²) in [7, 11) is 2.09. The molecule has 2 rings (SSSR count). The van der Waals surface area contributed by atoms with E-state index in [1.54, 1.807) is 11.3 Å². The Labute approximate surface area is 82.3 Å². The molecule has 1 fully saturated rings. The SMILES string of the molecule is Cc1cnc(N(C)C2CCOC2)s1. The lowest BCUT2D eigenvalue weighted by atomic mass is 10.2. The molecule has 0 aromatic carbocycles. The lowest BCUT2D eigenvalue weighted by Gasteiger charge is -2.21. The van der Waals surface area contributed by atoms with Crippen LogP contribution in [-0.4, -0.2) is 31.3 Å². The summed E-state index contributed by atoms with van der Waals surface area (Å²) in [4.78, 5) is 7.84. The molecule has 0 spiro atoms. The van der Waals surface area contributed by atoms with Gasteiger partial charge in [-0.2, -0.15) is 0 Å². The van der Waals surface area contributed by atoms with Gasteiger partial charge in [0.1, 0.15) is 0 Å². The predicted octanol–water partition coefficient (Wildman–Crippen LogP) is 1.68. The molecule has 0 N–H and O–H groups in total. The normalized spacial score (nSPS) is 22.2. The quantitative estimate of drug-likeness (QED) is 0.723. The average molecular weight is 198 g/mol. The molecule has 1 saturated heterocycles. The fourth-order valence-corrected chi connectivity index (χ4v) is 2.28. The van der Waals surface area contributed by atoms with Gasteiger partial charge in [-0.15, -0.1) is 11.3 Å². The summed E-state index contributed by atoms with van der Waals surface area (Å²) in [5.41, 5.74) is 0. The fourth-order valence-electron chi connectivity index (χ4n) is 1.49. The van der Waals surface area contributed by atoms with Gasteiger partial charge < -0.3 is 9.64 Å². The van der Waals surface area contributed by atoms with E-state index in [0.717, 1.165) is 24.8 Å². The van der Waals surface area contributed by atoms with Crippen molar-refractivity contribution in [2.75, 3.05) is 25.2 Å². The number of hydrogen-bond donors (Lipinski definition) is 0.